The third-order valence-corrected chi connectivity index (χ3v) is 5.67. The Labute approximate surface area is 165 Å². The number of rotatable bonds is 5. The molecule has 148 valence electrons. The van der Waals surface area contributed by atoms with Gasteiger partial charge in [0, 0.05) is 17.9 Å². The molecule has 1 unspecified atom stereocenters. The van der Waals surface area contributed by atoms with Gasteiger partial charge in [-0.15, -0.1) is 5.10 Å². The van der Waals surface area contributed by atoms with Gasteiger partial charge in [-0.1, -0.05) is 31.5 Å². The summed E-state index contributed by atoms with van der Waals surface area (Å²) in [5, 5.41) is 8.82. The Morgan fingerprint density at radius 1 is 1.21 bits per heavy atom. The summed E-state index contributed by atoms with van der Waals surface area (Å²) in [6, 6.07) is 3.28. The lowest BCUT2D eigenvalue weighted by atomic mass is 9.95. The molecule has 0 saturated heterocycles. The van der Waals surface area contributed by atoms with Gasteiger partial charge >= 0.3 is 6.18 Å². The van der Waals surface area contributed by atoms with Crippen LogP contribution in [0.3, 0.4) is 0 Å². The quantitative estimate of drug-likeness (QED) is 0.550. The summed E-state index contributed by atoms with van der Waals surface area (Å²) in [6.45, 7) is 4.12. The van der Waals surface area contributed by atoms with Gasteiger partial charge in [-0.3, -0.25) is 0 Å². The number of H-pyrrole nitrogens is 1. The first-order valence-corrected chi connectivity index (χ1v) is 9.83. The Balaban J connectivity index is 1.88. The van der Waals surface area contributed by atoms with Gasteiger partial charge in [0.05, 0.1) is 21.8 Å². The number of alkyl halides is 3. The predicted octanol–water partition coefficient (Wildman–Crippen LogP) is 6.16. The van der Waals surface area contributed by atoms with Crippen LogP contribution in [0, 0.1) is 5.92 Å². The molecule has 0 radical (unpaired) electrons. The van der Waals surface area contributed by atoms with Crippen LogP contribution in [0.2, 0.25) is 5.02 Å². The van der Waals surface area contributed by atoms with Crippen LogP contribution in [0.15, 0.2) is 18.2 Å². The van der Waals surface area contributed by atoms with Crippen molar-refractivity contribution in [1.82, 2.24) is 20.2 Å². The fourth-order valence-corrected chi connectivity index (χ4v) is 3.99. The molecule has 1 fully saturated rings. The molecule has 1 N–H and O–H groups in total. The zero-order valence-electron chi connectivity index (χ0n) is 15.6. The third-order valence-electron chi connectivity index (χ3n) is 5.36. The fourth-order valence-electron chi connectivity index (χ4n) is 3.72. The van der Waals surface area contributed by atoms with Gasteiger partial charge in [-0.25, -0.2) is 4.98 Å². The molecule has 8 heteroatoms. The lowest BCUT2D eigenvalue weighted by Gasteiger charge is -2.14. The number of imidazole rings is 1. The van der Waals surface area contributed by atoms with Crippen LogP contribution < -0.4 is 0 Å². The highest BCUT2D eigenvalue weighted by Gasteiger charge is 2.35. The lowest BCUT2D eigenvalue weighted by molar-refractivity contribution is -0.137. The molecule has 0 spiro atoms. The number of aryl methyl sites for hydroxylation is 1. The van der Waals surface area contributed by atoms with Crippen LogP contribution in [0.25, 0.3) is 22.3 Å². The number of halogens is 4. The summed E-state index contributed by atoms with van der Waals surface area (Å²) in [7, 11) is 0. The Hall–Kier alpha value is -2.15. The molecule has 28 heavy (non-hydrogen) atoms. The second-order valence-corrected chi connectivity index (χ2v) is 7.65. The van der Waals surface area contributed by atoms with Crippen molar-refractivity contribution in [2.75, 3.05) is 0 Å². The van der Waals surface area contributed by atoms with Gasteiger partial charge < -0.3 is 4.98 Å². The van der Waals surface area contributed by atoms with E-state index in [1.54, 1.807) is 0 Å². The van der Waals surface area contributed by atoms with E-state index in [4.69, 9.17) is 16.6 Å². The van der Waals surface area contributed by atoms with E-state index < -0.39 is 11.7 Å². The van der Waals surface area contributed by atoms with Crippen LogP contribution in [0.4, 0.5) is 13.2 Å². The van der Waals surface area contributed by atoms with E-state index in [0.29, 0.717) is 35.0 Å². The van der Waals surface area contributed by atoms with Crippen LogP contribution in [-0.2, 0) is 12.6 Å². The number of fused-ring (bicyclic) bond motifs is 1. The molecule has 1 saturated carbocycles. The maximum absolute atomic E-state index is 13.0. The first-order valence-electron chi connectivity index (χ1n) is 9.45. The first-order chi connectivity index (χ1) is 13.3. The molecular weight excluding hydrogens is 389 g/mol. The molecule has 3 aromatic rings. The summed E-state index contributed by atoms with van der Waals surface area (Å²) >= 11 is 6.20. The summed E-state index contributed by atoms with van der Waals surface area (Å²) in [4.78, 5) is 7.97. The number of nitrogens with zero attached hydrogens (tertiary/aromatic N) is 3. The van der Waals surface area contributed by atoms with Crippen molar-refractivity contribution in [3.63, 3.8) is 0 Å². The van der Waals surface area contributed by atoms with E-state index in [0.717, 1.165) is 35.6 Å². The van der Waals surface area contributed by atoms with E-state index >= 15 is 0 Å². The number of nitrogens with one attached hydrogen (secondary N) is 1. The minimum atomic E-state index is -4.45. The predicted molar refractivity (Wildman–Crippen MR) is 102 cm³/mol. The zero-order valence-corrected chi connectivity index (χ0v) is 16.3. The number of aromatic nitrogens is 4. The third kappa shape index (κ3) is 3.36. The van der Waals surface area contributed by atoms with Gasteiger partial charge in [0.1, 0.15) is 17.0 Å². The van der Waals surface area contributed by atoms with Gasteiger partial charge in [-0.2, -0.15) is 18.3 Å². The summed E-state index contributed by atoms with van der Waals surface area (Å²) in [5.41, 5.74) is 2.34. The van der Waals surface area contributed by atoms with Crippen molar-refractivity contribution >= 4 is 22.6 Å². The van der Waals surface area contributed by atoms with E-state index in [-0.39, 0.29) is 5.02 Å². The van der Waals surface area contributed by atoms with E-state index in [1.165, 1.54) is 18.9 Å². The van der Waals surface area contributed by atoms with Gasteiger partial charge in [0.25, 0.3) is 0 Å². The molecular formula is C20H20ClF3N4. The van der Waals surface area contributed by atoms with Crippen LogP contribution in [0.5, 0.6) is 0 Å². The Morgan fingerprint density at radius 2 is 1.96 bits per heavy atom. The highest BCUT2D eigenvalue weighted by Crippen LogP contribution is 2.46. The topological polar surface area (TPSA) is 54.5 Å². The Kier molecular flexibility index (Phi) is 4.81. The van der Waals surface area contributed by atoms with E-state index in [1.807, 2.05) is 6.92 Å². The van der Waals surface area contributed by atoms with Gasteiger partial charge in [0.15, 0.2) is 0 Å². The highest BCUT2D eigenvalue weighted by molar-refractivity contribution is 6.33. The highest BCUT2D eigenvalue weighted by atomic mass is 35.5. The molecule has 1 aliphatic rings. The van der Waals surface area contributed by atoms with Crippen molar-refractivity contribution in [1.29, 1.82) is 0 Å². The molecule has 4 rings (SSSR count). The lowest BCUT2D eigenvalue weighted by Crippen LogP contribution is -2.07. The molecule has 1 aliphatic carbocycles. The maximum atomic E-state index is 13.0. The summed E-state index contributed by atoms with van der Waals surface area (Å²) in [5.74, 6) is 1.69. The smallest absolute Gasteiger partial charge is 0.340 e. The standard InChI is InChI=1S/C20H20ClF3N4/c1-3-12(10-5-6-10)16-18-19(26-15(4-2)25-18)17(28-27-16)13-8-7-11(9-14(13)21)20(22,23)24/h7-10,12H,3-6H2,1-2H3,(H,25,26). The minimum Gasteiger partial charge on any atom is -0.340 e. The number of hydrogen-bond acceptors (Lipinski definition) is 3. The molecule has 0 bridgehead atoms. The first kappa shape index (κ1) is 19.2. The van der Waals surface area contributed by atoms with Crippen LogP contribution in [0.1, 0.15) is 56.1 Å². The Morgan fingerprint density at radius 3 is 2.54 bits per heavy atom. The Bertz CT molecular complexity index is 1020. The number of aromatic amines is 1. The van der Waals surface area contributed by atoms with E-state index in [2.05, 4.69) is 22.1 Å². The van der Waals surface area contributed by atoms with Gasteiger partial charge in [-0.05, 0) is 37.3 Å². The molecule has 0 aliphatic heterocycles. The van der Waals surface area contributed by atoms with Gasteiger partial charge in [0.2, 0.25) is 0 Å². The maximum Gasteiger partial charge on any atom is 0.416 e. The van der Waals surface area contributed by atoms with Crippen molar-refractivity contribution in [2.45, 2.75) is 51.6 Å². The summed E-state index contributed by atoms with van der Waals surface area (Å²) < 4.78 is 38.9. The van der Waals surface area contributed by atoms with Crippen molar-refractivity contribution in [3.05, 3.63) is 40.3 Å². The molecule has 1 atom stereocenters. The molecule has 2 aromatic heterocycles. The van der Waals surface area contributed by atoms with Crippen molar-refractivity contribution < 1.29 is 13.2 Å². The second-order valence-electron chi connectivity index (χ2n) is 7.24. The largest absolute Gasteiger partial charge is 0.416 e. The minimum absolute atomic E-state index is 0.0138. The SMILES string of the molecule is CCc1nc2c(C(CC)C3CC3)nnc(-c3ccc(C(F)(F)F)cc3Cl)c2[nH]1. The molecule has 0 amide bonds. The number of hydrogen-bond donors (Lipinski definition) is 1. The summed E-state index contributed by atoms with van der Waals surface area (Å²) in [6.07, 6.45) is -0.439. The average Bonchev–Trinajstić information content (AvgIpc) is 3.39. The molecule has 4 nitrogen and oxygen atoms in total. The van der Waals surface area contributed by atoms with E-state index in [9.17, 15) is 13.2 Å². The van der Waals surface area contributed by atoms with Crippen LogP contribution >= 0.6 is 11.6 Å². The molecule has 1 aromatic carbocycles. The van der Waals surface area contributed by atoms with Crippen molar-refractivity contribution in [3.8, 4) is 11.3 Å². The average molecular weight is 409 g/mol. The van der Waals surface area contributed by atoms with Crippen molar-refractivity contribution in [2.24, 2.45) is 5.92 Å². The monoisotopic (exact) mass is 408 g/mol. The fraction of sp³-hybridized carbons (Fsp3) is 0.450. The second kappa shape index (κ2) is 7.03. The zero-order chi connectivity index (χ0) is 20.1. The number of benzene rings is 1. The normalized spacial score (nSPS) is 15.9. The molecule has 2 heterocycles. The van der Waals surface area contributed by atoms with Crippen LogP contribution in [-0.4, -0.2) is 20.2 Å².